The number of carbonyl (C=O) groups excluding carboxylic acids is 1. The maximum atomic E-state index is 12.7. The average Bonchev–Trinajstić information content (AvgIpc) is 3.26. The van der Waals surface area contributed by atoms with Gasteiger partial charge in [0.2, 0.25) is 0 Å². The fourth-order valence-electron chi connectivity index (χ4n) is 3.67. The van der Waals surface area contributed by atoms with Crippen LogP contribution in [0.15, 0.2) is 36.5 Å². The molecule has 1 aromatic carbocycles. The number of amides is 1. The highest BCUT2D eigenvalue weighted by Gasteiger charge is 2.61. The van der Waals surface area contributed by atoms with Crippen molar-refractivity contribution in [2.45, 2.75) is 45.1 Å². The molecule has 1 aliphatic rings. The molecule has 0 saturated heterocycles. The topological polar surface area (TPSA) is 84.2 Å². The first kappa shape index (κ1) is 18.2. The van der Waals surface area contributed by atoms with Gasteiger partial charge in [-0.1, -0.05) is 50.1 Å². The Balaban J connectivity index is 1.77. The SMILES string of the molecule is CCCCC1(C(=O)O)C[C@H]1c1cnn(C)c1C(=O)NCc1ccccc1. The van der Waals surface area contributed by atoms with Gasteiger partial charge in [0.1, 0.15) is 5.69 Å². The second-order valence-corrected chi connectivity index (χ2v) is 7.06. The Labute approximate surface area is 153 Å². The minimum Gasteiger partial charge on any atom is -0.481 e. The average molecular weight is 355 g/mol. The van der Waals surface area contributed by atoms with Gasteiger partial charge in [-0.2, -0.15) is 5.10 Å². The van der Waals surface area contributed by atoms with Gasteiger partial charge in [-0.05, 0) is 18.4 Å². The van der Waals surface area contributed by atoms with E-state index in [0.717, 1.165) is 24.0 Å². The molecule has 1 amide bonds. The van der Waals surface area contributed by atoms with Crippen LogP contribution in [-0.4, -0.2) is 26.8 Å². The van der Waals surface area contributed by atoms with Crippen molar-refractivity contribution in [1.82, 2.24) is 15.1 Å². The first-order valence-electron chi connectivity index (χ1n) is 9.07. The molecular formula is C20H25N3O3. The van der Waals surface area contributed by atoms with Crippen molar-refractivity contribution in [3.63, 3.8) is 0 Å². The quantitative estimate of drug-likeness (QED) is 0.762. The molecule has 0 aliphatic heterocycles. The van der Waals surface area contributed by atoms with Crippen LogP contribution in [0.2, 0.25) is 0 Å². The van der Waals surface area contributed by atoms with E-state index in [2.05, 4.69) is 17.3 Å². The monoisotopic (exact) mass is 355 g/mol. The Hall–Kier alpha value is -2.63. The van der Waals surface area contributed by atoms with Crippen LogP contribution < -0.4 is 5.32 Å². The predicted octanol–water partition coefficient (Wildman–Crippen LogP) is 3.10. The van der Waals surface area contributed by atoms with Gasteiger partial charge in [0, 0.05) is 25.1 Å². The fraction of sp³-hybridized carbons (Fsp3) is 0.450. The minimum absolute atomic E-state index is 0.141. The molecule has 6 heteroatoms. The zero-order valence-electron chi connectivity index (χ0n) is 15.2. The van der Waals surface area contributed by atoms with E-state index < -0.39 is 11.4 Å². The number of hydrogen-bond acceptors (Lipinski definition) is 3. The first-order valence-corrected chi connectivity index (χ1v) is 9.07. The number of aryl methyl sites for hydroxylation is 1. The van der Waals surface area contributed by atoms with Gasteiger partial charge in [0.15, 0.2) is 0 Å². The van der Waals surface area contributed by atoms with E-state index in [1.165, 1.54) is 0 Å². The lowest BCUT2D eigenvalue weighted by atomic mass is 9.93. The highest BCUT2D eigenvalue weighted by atomic mass is 16.4. The molecule has 6 nitrogen and oxygen atoms in total. The zero-order valence-corrected chi connectivity index (χ0v) is 15.2. The summed E-state index contributed by atoms with van der Waals surface area (Å²) in [5.41, 5.74) is 1.48. The van der Waals surface area contributed by atoms with Crippen molar-refractivity contribution in [3.05, 3.63) is 53.3 Å². The Morgan fingerprint density at radius 2 is 2.08 bits per heavy atom. The highest BCUT2D eigenvalue weighted by Crippen LogP contribution is 2.62. The Morgan fingerprint density at radius 1 is 1.35 bits per heavy atom. The van der Waals surface area contributed by atoms with E-state index in [4.69, 9.17) is 0 Å². The third-order valence-electron chi connectivity index (χ3n) is 5.33. The van der Waals surface area contributed by atoms with Crippen LogP contribution >= 0.6 is 0 Å². The molecule has 0 bridgehead atoms. The molecule has 1 heterocycles. The van der Waals surface area contributed by atoms with E-state index in [1.807, 2.05) is 30.3 Å². The van der Waals surface area contributed by atoms with Gasteiger partial charge in [-0.25, -0.2) is 0 Å². The summed E-state index contributed by atoms with van der Waals surface area (Å²) in [5, 5.41) is 16.9. The van der Waals surface area contributed by atoms with Crippen molar-refractivity contribution < 1.29 is 14.7 Å². The summed E-state index contributed by atoms with van der Waals surface area (Å²) in [7, 11) is 1.72. The second kappa shape index (κ2) is 7.32. The second-order valence-electron chi connectivity index (χ2n) is 7.06. The van der Waals surface area contributed by atoms with Crippen molar-refractivity contribution in [3.8, 4) is 0 Å². The number of nitrogens with zero attached hydrogens (tertiary/aromatic N) is 2. The number of benzene rings is 1. The molecule has 1 aliphatic carbocycles. The van der Waals surface area contributed by atoms with Gasteiger partial charge in [0.05, 0.1) is 11.6 Å². The number of carboxylic acids is 1. The number of aromatic nitrogens is 2. The Bertz CT molecular complexity index is 800. The Kier molecular flexibility index (Phi) is 5.11. The maximum absolute atomic E-state index is 12.7. The largest absolute Gasteiger partial charge is 0.481 e. The van der Waals surface area contributed by atoms with Gasteiger partial charge >= 0.3 is 5.97 Å². The molecule has 26 heavy (non-hydrogen) atoms. The lowest BCUT2D eigenvalue weighted by molar-refractivity contribution is -0.143. The molecule has 1 unspecified atom stereocenters. The molecule has 3 rings (SSSR count). The molecular weight excluding hydrogens is 330 g/mol. The number of hydrogen-bond donors (Lipinski definition) is 2. The van der Waals surface area contributed by atoms with Crippen LogP contribution in [0.3, 0.4) is 0 Å². The Morgan fingerprint density at radius 3 is 2.73 bits per heavy atom. The molecule has 2 atom stereocenters. The smallest absolute Gasteiger partial charge is 0.310 e. The van der Waals surface area contributed by atoms with Crippen LogP contribution in [0.5, 0.6) is 0 Å². The normalized spacial score (nSPS) is 21.4. The molecule has 0 spiro atoms. The summed E-state index contributed by atoms with van der Waals surface area (Å²) in [6.07, 6.45) is 4.70. The number of carbonyl (C=O) groups is 2. The third-order valence-corrected chi connectivity index (χ3v) is 5.33. The van der Waals surface area contributed by atoms with Gasteiger partial charge < -0.3 is 10.4 Å². The van der Waals surface area contributed by atoms with Gasteiger partial charge in [0.25, 0.3) is 5.91 Å². The summed E-state index contributed by atoms with van der Waals surface area (Å²) in [6.45, 7) is 2.48. The molecule has 138 valence electrons. The summed E-state index contributed by atoms with van der Waals surface area (Å²) < 4.78 is 1.54. The minimum atomic E-state index is -0.768. The first-order chi connectivity index (χ1) is 12.5. The molecule has 0 radical (unpaired) electrons. The predicted molar refractivity (Wildman–Crippen MR) is 97.8 cm³/mol. The number of nitrogens with one attached hydrogen (secondary N) is 1. The summed E-state index contributed by atoms with van der Waals surface area (Å²) in [6, 6.07) is 9.68. The van der Waals surface area contributed by atoms with Crippen LogP contribution in [-0.2, 0) is 18.4 Å². The van der Waals surface area contributed by atoms with E-state index in [1.54, 1.807) is 17.9 Å². The number of unbranched alkanes of at least 4 members (excludes halogenated alkanes) is 1. The third kappa shape index (κ3) is 3.36. The summed E-state index contributed by atoms with van der Waals surface area (Å²) in [4.78, 5) is 24.6. The molecule has 2 N–H and O–H groups in total. The molecule has 1 fully saturated rings. The summed E-state index contributed by atoms with van der Waals surface area (Å²) in [5.74, 6) is -1.13. The van der Waals surface area contributed by atoms with Crippen LogP contribution in [0.25, 0.3) is 0 Å². The lowest BCUT2D eigenvalue weighted by Crippen LogP contribution is -2.26. The van der Waals surface area contributed by atoms with E-state index >= 15 is 0 Å². The fourth-order valence-corrected chi connectivity index (χ4v) is 3.67. The van der Waals surface area contributed by atoms with Crippen molar-refractivity contribution >= 4 is 11.9 Å². The summed E-state index contributed by atoms with van der Waals surface area (Å²) >= 11 is 0. The van der Waals surface area contributed by atoms with Crippen LogP contribution in [0.1, 0.15) is 60.1 Å². The van der Waals surface area contributed by atoms with Crippen molar-refractivity contribution in [2.75, 3.05) is 0 Å². The maximum Gasteiger partial charge on any atom is 0.310 e. The van der Waals surface area contributed by atoms with E-state index in [9.17, 15) is 14.7 Å². The number of aliphatic carboxylic acids is 1. The number of rotatable bonds is 8. The van der Waals surface area contributed by atoms with E-state index in [0.29, 0.717) is 25.1 Å². The van der Waals surface area contributed by atoms with E-state index in [-0.39, 0.29) is 11.8 Å². The molecule has 2 aromatic rings. The zero-order chi connectivity index (χ0) is 18.7. The van der Waals surface area contributed by atoms with Crippen molar-refractivity contribution in [2.24, 2.45) is 12.5 Å². The van der Waals surface area contributed by atoms with Crippen LogP contribution in [0.4, 0.5) is 0 Å². The van der Waals surface area contributed by atoms with Crippen molar-refractivity contribution in [1.29, 1.82) is 0 Å². The van der Waals surface area contributed by atoms with Gasteiger partial charge in [-0.3, -0.25) is 14.3 Å². The highest BCUT2D eigenvalue weighted by molar-refractivity contribution is 5.95. The molecule has 1 saturated carbocycles. The molecule has 1 aromatic heterocycles. The standard InChI is InChI=1S/C20H25N3O3/c1-3-4-10-20(19(25)26)11-16(20)15-13-22-23(2)17(15)18(24)21-12-14-8-6-5-7-9-14/h5-9,13,16H,3-4,10-12H2,1-2H3,(H,21,24)(H,25,26)/t16-,20?/m0/s1. The number of carboxylic acid groups (broad SMARTS) is 1. The van der Waals surface area contributed by atoms with Gasteiger partial charge in [-0.15, -0.1) is 0 Å². The van der Waals surface area contributed by atoms with Crippen LogP contribution in [0, 0.1) is 5.41 Å². The lowest BCUT2D eigenvalue weighted by Gasteiger charge is -2.12.